The summed E-state index contributed by atoms with van der Waals surface area (Å²) in [4.78, 5) is 15.6. The van der Waals surface area contributed by atoms with E-state index in [1.165, 1.54) is 30.9 Å². The van der Waals surface area contributed by atoms with Gasteiger partial charge in [0, 0.05) is 47.6 Å². The molecule has 8 aromatic carbocycles. The Balaban J connectivity index is 1.14. The molecule has 11 rings (SSSR count). The largest absolute Gasteiger partial charge is 0.308 e. The van der Waals surface area contributed by atoms with Crippen LogP contribution in [0.5, 0.6) is 0 Å². The van der Waals surface area contributed by atoms with Crippen molar-refractivity contribution < 1.29 is 0 Å². The average molecular weight is 758 g/mol. The average Bonchev–Trinajstić information content (AvgIpc) is 3.84. The minimum atomic E-state index is 0.529. The lowest BCUT2D eigenvalue weighted by Crippen LogP contribution is -2.04. The van der Waals surface area contributed by atoms with Crippen LogP contribution in [0.4, 0.5) is 0 Å². The van der Waals surface area contributed by atoms with E-state index < -0.39 is 0 Å². The van der Waals surface area contributed by atoms with Crippen LogP contribution >= 0.6 is 11.3 Å². The van der Waals surface area contributed by atoms with Crippen LogP contribution in [0.1, 0.15) is 5.56 Å². The summed E-state index contributed by atoms with van der Waals surface area (Å²) < 4.78 is 4.89. The van der Waals surface area contributed by atoms with Crippen molar-refractivity contribution in [3.05, 3.63) is 194 Å². The maximum atomic E-state index is 9.59. The molecule has 0 aliphatic heterocycles. The summed E-state index contributed by atoms with van der Waals surface area (Å²) in [6.07, 6.45) is 0. The zero-order chi connectivity index (χ0) is 38.6. The van der Waals surface area contributed by atoms with E-state index in [9.17, 15) is 5.26 Å². The Morgan fingerprint density at radius 3 is 1.71 bits per heavy atom. The molecule has 0 aliphatic rings. The first kappa shape index (κ1) is 33.6. The van der Waals surface area contributed by atoms with E-state index in [-0.39, 0.29) is 0 Å². The molecule has 3 aromatic heterocycles. The molecule has 0 saturated heterocycles. The third-order valence-corrected chi connectivity index (χ3v) is 12.1. The minimum absolute atomic E-state index is 0.529. The van der Waals surface area contributed by atoms with Crippen LogP contribution in [0.3, 0.4) is 0 Å². The van der Waals surface area contributed by atoms with Crippen LogP contribution in [-0.4, -0.2) is 19.5 Å². The highest BCUT2D eigenvalue weighted by Gasteiger charge is 2.20. The standard InChI is InChI=1S/C52H31N5S/c53-32-33-21-23-35(24-22-33)50-54-51(39-14-10-13-36(29-39)37-26-28-49-44(30-37)42-17-6-9-20-48(42)58-49)56-52(55-50)43-27-25-38(34-11-2-1-3-12-34)31-47(43)57-45-18-7-4-15-40(45)41-16-5-8-19-46(41)57/h1-31H. The quantitative estimate of drug-likeness (QED) is 0.169. The van der Waals surface area contributed by atoms with Crippen LogP contribution in [0.25, 0.3) is 104 Å². The zero-order valence-corrected chi connectivity index (χ0v) is 31.9. The predicted octanol–water partition coefficient (Wildman–Crippen LogP) is 13.5. The fraction of sp³-hybridized carbons (Fsp3) is 0. The topological polar surface area (TPSA) is 67.4 Å². The van der Waals surface area contributed by atoms with Crippen molar-refractivity contribution in [2.75, 3.05) is 0 Å². The molecular weight excluding hydrogens is 727 g/mol. The molecule has 5 nitrogen and oxygen atoms in total. The molecule has 0 aliphatic carbocycles. The summed E-state index contributed by atoms with van der Waals surface area (Å²) in [6.45, 7) is 0. The molecule has 0 amide bonds. The first-order chi connectivity index (χ1) is 28.7. The maximum absolute atomic E-state index is 9.59. The SMILES string of the molecule is N#Cc1ccc(-c2nc(-c3cccc(-c4ccc5sc6ccccc6c5c4)c3)nc(-c3ccc(-c4ccccc4)cc3-n3c4ccccc4c4ccccc43)n2)cc1. The molecule has 6 heteroatoms. The molecular formula is C52H31N5S. The Bertz CT molecular complexity index is 3360. The van der Waals surface area contributed by atoms with E-state index in [0.717, 1.165) is 55.7 Å². The second-order valence-electron chi connectivity index (χ2n) is 14.4. The maximum Gasteiger partial charge on any atom is 0.166 e. The lowest BCUT2D eigenvalue weighted by atomic mass is 10.00. The van der Waals surface area contributed by atoms with Gasteiger partial charge in [-0.1, -0.05) is 115 Å². The number of nitrogens with zero attached hydrogens (tertiary/aromatic N) is 5. The Morgan fingerprint density at radius 1 is 0.397 bits per heavy atom. The zero-order valence-electron chi connectivity index (χ0n) is 31.0. The summed E-state index contributed by atoms with van der Waals surface area (Å²) in [7, 11) is 0. The van der Waals surface area contributed by atoms with Gasteiger partial charge in [0.15, 0.2) is 17.5 Å². The fourth-order valence-corrected chi connectivity index (χ4v) is 9.18. The van der Waals surface area contributed by atoms with Crippen molar-refractivity contribution in [1.29, 1.82) is 5.26 Å². The van der Waals surface area contributed by atoms with Crippen molar-refractivity contribution in [2.24, 2.45) is 0 Å². The highest BCUT2D eigenvalue weighted by atomic mass is 32.1. The second-order valence-corrected chi connectivity index (χ2v) is 15.4. The number of benzene rings is 8. The van der Waals surface area contributed by atoms with Gasteiger partial charge in [0.2, 0.25) is 0 Å². The summed E-state index contributed by atoms with van der Waals surface area (Å²) in [6, 6.07) is 67.5. The third kappa shape index (κ3) is 5.73. The second kappa shape index (κ2) is 13.8. The van der Waals surface area contributed by atoms with Gasteiger partial charge in [-0.15, -0.1) is 11.3 Å². The highest BCUT2D eigenvalue weighted by Crippen LogP contribution is 2.40. The highest BCUT2D eigenvalue weighted by molar-refractivity contribution is 7.25. The van der Waals surface area contributed by atoms with Crippen molar-refractivity contribution in [3.8, 4) is 68.2 Å². The molecule has 0 fully saturated rings. The van der Waals surface area contributed by atoms with E-state index in [1.54, 1.807) is 0 Å². The van der Waals surface area contributed by atoms with Gasteiger partial charge in [-0.2, -0.15) is 5.26 Å². The summed E-state index contributed by atoms with van der Waals surface area (Å²) in [5, 5.41) is 14.5. The number of rotatable bonds is 6. The number of nitriles is 1. The summed E-state index contributed by atoms with van der Waals surface area (Å²) in [5.41, 5.74) is 10.7. The molecule has 0 unspecified atom stereocenters. The van der Waals surface area contributed by atoms with Crippen molar-refractivity contribution in [3.63, 3.8) is 0 Å². The van der Waals surface area contributed by atoms with Crippen molar-refractivity contribution >= 4 is 53.3 Å². The number of hydrogen-bond acceptors (Lipinski definition) is 5. The van der Waals surface area contributed by atoms with Crippen LogP contribution in [0.2, 0.25) is 0 Å². The molecule has 0 saturated carbocycles. The molecule has 11 aromatic rings. The van der Waals surface area contributed by atoms with Gasteiger partial charge in [-0.05, 0) is 95.1 Å². The first-order valence-corrected chi connectivity index (χ1v) is 20.0. The van der Waals surface area contributed by atoms with E-state index >= 15 is 0 Å². The monoisotopic (exact) mass is 757 g/mol. The minimum Gasteiger partial charge on any atom is -0.308 e. The lowest BCUT2D eigenvalue weighted by Gasteiger charge is -2.16. The molecule has 0 spiro atoms. The summed E-state index contributed by atoms with van der Waals surface area (Å²) in [5.74, 6) is 1.65. The molecule has 58 heavy (non-hydrogen) atoms. The number of thiophene rings is 1. The van der Waals surface area contributed by atoms with Gasteiger partial charge in [0.25, 0.3) is 0 Å². The van der Waals surface area contributed by atoms with Crippen LogP contribution in [0, 0.1) is 11.3 Å². The molecule has 0 atom stereocenters. The number of fused-ring (bicyclic) bond motifs is 6. The van der Waals surface area contributed by atoms with Gasteiger partial charge < -0.3 is 4.57 Å². The Kier molecular flexibility index (Phi) is 7.99. The molecule has 0 bridgehead atoms. The Hall–Kier alpha value is -7.72. The molecule has 0 N–H and O–H groups in total. The van der Waals surface area contributed by atoms with E-state index in [0.29, 0.717) is 23.0 Å². The Labute approximate surface area is 338 Å². The van der Waals surface area contributed by atoms with Gasteiger partial charge in [0.05, 0.1) is 28.4 Å². The van der Waals surface area contributed by atoms with E-state index in [1.807, 2.05) is 41.7 Å². The Morgan fingerprint density at radius 2 is 0.948 bits per heavy atom. The van der Waals surface area contributed by atoms with Gasteiger partial charge in [-0.25, -0.2) is 15.0 Å². The van der Waals surface area contributed by atoms with Gasteiger partial charge in [0.1, 0.15) is 0 Å². The summed E-state index contributed by atoms with van der Waals surface area (Å²) >= 11 is 1.82. The molecule has 3 heterocycles. The van der Waals surface area contributed by atoms with Gasteiger partial charge in [-0.3, -0.25) is 0 Å². The molecule has 0 radical (unpaired) electrons. The number of hydrogen-bond donors (Lipinski definition) is 0. The number of para-hydroxylation sites is 2. The van der Waals surface area contributed by atoms with Gasteiger partial charge >= 0.3 is 0 Å². The lowest BCUT2D eigenvalue weighted by molar-refractivity contribution is 1.06. The van der Waals surface area contributed by atoms with Crippen LogP contribution in [-0.2, 0) is 0 Å². The van der Waals surface area contributed by atoms with Crippen LogP contribution in [0.15, 0.2) is 188 Å². The fourth-order valence-electron chi connectivity index (χ4n) is 8.09. The third-order valence-electron chi connectivity index (χ3n) is 10.9. The smallest absolute Gasteiger partial charge is 0.166 e. The predicted molar refractivity (Wildman–Crippen MR) is 239 cm³/mol. The van der Waals surface area contributed by atoms with E-state index in [4.69, 9.17) is 15.0 Å². The first-order valence-electron chi connectivity index (χ1n) is 19.2. The molecule has 270 valence electrons. The van der Waals surface area contributed by atoms with Crippen LogP contribution < -0.4 is 0 Å². The van der Waals surface area contributed by atoms with Crippen molar-refractivity contribution in [1.82, 2.24) is 19.5 Å². The van der Waals surface area contributed by atoms with Crippen molar-refractivity contribution in [2.45, 2.75) is 0 Å². The number of aromatic nitrogens is 4. The van der Waals surface area contributed by atoms with E-state index in [2.05, 4.69) is 168 Å². The normalized spacial score (nSPS) is 11.4.